The van der Waals surface area contributed by atoms with Crippen molar-refractivity contribution in [1.82, 2.24) is 9.88 Å². The predicted molar refractivity (Wildman–Crippen MR) is 121 cm³/mol. The third-order valence-electron chi connectivity index (χ3n) is 7.70. The molecule has 1 amide bonds. The van der Waals surface area contributed by atoms with Gasteiger partial charge in [-0.1, -0.05) is 18.2 Å². The lowest BCUT2D eigenvalue weighted by molar-refractivity contribution is -0.118. The number of benzene rings is 2. The summed E-state index contributed by atoms with van der Waals surface area (Å²) in [6.45, 7) is 3.01. The molecule has 3 aliphatic rings. The van der Waals surface area contributed by atoms with E-state index < -0.39 is 11.6 Å². The molecule has 1 saturated heterocycles. The van der Waals surface area contributed by atoms with Crippen molar-refractivity contribution < 1.29 is 13.6 Å². The van der Waals surface area contributed by atoms with Crippen LogP contribution in [0.15, 0.2) is 30.5 Å². The Kier molecular flexibility index (Phi) is 4.79. The lowest BCUT2D eigenvalue weighted by atomic mass is 9.89. The summed E-state index contributed by atoms with van der Waals surface area (Å²) in [5.74, 6) is -0.342. The third kappa shape index (κ3) is 3.07. The van der Waals surface area contributed by atoms with E-state index in [1.807, 2.05) is 6.07 Å². The van der Waals surface area contributed by atoms with Crippen molar-refractivity contribution in [3.8, 4) is 0 Å². The van der Waals surface area contributed by atoms with Gasteiger partial charge in [-0.3, -0.25) is 4.79 Å². The molecule has 1 aromatic heterocycles. The summed E-state index contributed by atoms with van der Waals surface area (Å²) in [7, 11) is 0. The molecule has 0 radical (unpaired) electrons. The number of nitrogens with one attached hydrogen (secondary N) is 1. The molecule has 32 heavy (non-hydrogen) atoms. The van der Waals surface area contributed by atoms with Crippen LogP contribution in [0.1, 0.15) is 47.4 Å². The molecule has 4 nitrogen and oxygen atoms in total. The van der Waals surface area contributed by atoms with E-state index in [1.165, 1.54) is 16.5 Å². The Balaban J connectivity index is 1.15. The molecule has 0 bridgehead atoms. The van der Waals surface area contributed by atoms with Crippen LogP contribution in [0.5, 0.6) is 0 Å². The van der Waals surface area contributed by atoms with Crippen molar-refractivity contribution in [3.63, 3.8) is 0 Å². The highest BCUT2D eigenvalue weighted by atomic mass is 19.1. The second-order valence-corrected chi connectivity index (χ2v) is 9.36. The van der Waals surface area contributed by atoms with Crippen LogP contribution in [0.25, 0.3) is 10.9 Å². The van der Waals surface area contributed by atoms with Crippen LogP contribution in [0.2, 0.25) is 0 Å². The first-order chi connectivity index (χ1) is 15.6. The monoisotopic (exact) mass is 435 g/mol. The minimum absolute atomic E-state index is 0.0131. The fraction of sp³-hybridized carbons (Fsp3) is 0.423. The number of nitrogens with zero attached hydrogens (tertiary/aromatic N) is 2. The molecule has 1 fully saturated rings. The quantitative estimate of drug-likeness (QED) is 0.645. The molecule has 0 aliphatic carbocycles. The van der Waals surface area contributed by atoms with Crippen LogP contribution in [0.4, 0.5) is 14.5 Å². The molecule has 3 aliphatic heterocycles. The Morgan fingerprint density at radius 1 is 0.969 bits per heavy atom. The maximum atomic E-state index is 15.3. The van der Waals surface area contributed by atoms with Gasteiger partial charge in [0.05, 0.1) is 5.69 Å². The number of carbonyl (C=O) groups excluding carboxylic acids is 1. The zero-order chi connectivity index (χ0) is 21.8. The summed E-state index contributed by atoms with van der Waals surface area (Å²) in [4.78, 5) is 19.4. The van der Waals surface area contributed by atoms with Gasteiger partial charge in [0.15, 0.2) is 0 Å². The molecule has 1 N–H and O–H groups in total. The van der Waals surface area contributed by atoms with Crippen molar-refractivity contribution >= 4 is 22.5 Å². The van der Waals surface area contributed by atoms with Gasteiger partial charge in [-0.25, -0.2) is 8.78 Å². The van der Waals surface area contributed by atoms with Crippen molar-refractivity contribution in [3.05, 3.63) is 64.4 Å². The maximum absolute atomic E-state index is 15.3. The van der Waals surface area contributed by atoms with Gasteiger partial charge in [-0.2, -0.15) is 0 Å². The highest BCUT2D eigenvalue weighted by Gasteiger charge is 2.37. The lowest BCUT2D eigenvalue weighted by Crippen LogP contribution is -2.35. The number of hydrogen-bond donors (Lipinski definition) is 1. The number of amides is 1. The standard InChI is InChI=1S/C26H27F2N3O/c27-24-18(25(28)20-10-14-31-23(32)6-5-19(24)26(20)31)9-13-30-11-7-16(8-12-30)21-15-29-22-4-2-1-3-17(21)22/h1-4,15-16,29H,5-14H2. The number of halogens is 2. The summed E-state index contributed by atoms with van der Waals surface area (Å²) in [5.41, 5.74) is 4.40. The number of rotatable bonds is 4. The first kappa shape index (κ1) is 19.9. The molecule has 0 unspecified atom stereocenters. The number of carbonyl (C=O) groups is 1. The van der Waals surface area contributed by atoms with Crippen molar-refractivity contribution in [1.29, 1.82) is 0 Å². The minimum Gasteiger partial charge on any atom is -0.361 e. The number of fused-ring (bicyclic) bond motifs is 1. The number of aromatic amines is 1. The summed E-state index contributed by atoms with van der Waals surface area (Å²) in [6.07, 6.45) is 5.81. The number of hydrogen-bond acceptors (Lipinski definition) is 2. The lowest BCUT2D eigenvalue weighted by Gasteiger charge is -2.32. The second-order valence-electron chi connectivity index (χ2n) is 9.36. The molecular weight excluding hydrogens is 408 g/mol. The molecule has 0 spiro atoms. The van der Waals surface area contributed by atoms with Crippen molar-refractivity contribution in [2.75, 3.05) is 31.1 Å². The predicted octanol–water partition coefficient (Wildman–Crippen LogP) is 4.70. The number of aromatic nitrogens is 1. The van der Waals surface area contributed by atoms with Gasteiger partial charge < -0.3 is 14.8 Å². The van der Waals surface area contributed by atoms with Crippen LogP contribution in [-0.2, 0) is 24.1 Å². The topological polar surface area (TPSA) is 39.3 Å². The Labute approximate surface area is 186 Å². The zero-order valence-electron chi connectivity index (χ0n) is 18.1. The maximum Gasteiger partial charge on any atom is 0.227 e. The van der Waals surface area contributed by atoms with Gasteiger partial charge in [0.1, 0.15) is 11.6 Å². The molecule has 6 heteroatoms. The second kappa shape index (κ2) is 7.69. The first-order valence-corrected chi connectivity index (χ1v) is 11.7. The van der Waals surface area contributed by atoms with E-state index in [1.54, 1.807) is 4.90 Å². The Morgan fingerprint density at radius 3 is 2.53 bits per heavy atom. The van der Waals surface area contributed by atoms with Gasteiger partial charge >= 0.3 is 0 Å². The number of piperidine rings is 1. The van der Waals surface area contributed by atoms with Crippen molar-refractivity contribution in [2.24, 2.45) is 0 Å². The number of para-hydroxylation sites is 1. The minimum atomic E-state index is -0.424. The SMILES string of the molecule is O=C1CCc2c(F)c(CCN3CCC(c4c[nH]c5ccccc45)CC3)c(F)c3c2N1CC3. The molecule has 0 saturated carbocycles. The van der Waals surface area contributed by atoms with E-state index in [9.17, 15) is 4.79 Å². The van der Waals surface area contributed by atoms with Crippen LogP contribution in [0.3, 0.4) is 0 Å². The molecule has 166 valence electrons. The van der Waals surface area contributed by atoms with Gasteiger partial charge in [-0.15, -0.1) is 0 Å². The molecule has 2 aromatic carbocycles. The summed E-state index contributed by atoms with van der Waals surface area (Å²) >= 11 is 0. The van der Waals surface area contributed by atoms with Crippen LogP contribution < -0.4 is 4.90 Å². The van der Waals surface area contributed by atoms with Crippen molar-refractivity contribution in [2.45, 2.75) is 44.4 Å². The normalized spacial score (nSPS) is 19.2. The fourth-order valence-electron chi connectivity index (χ4n) is 5.97. The van der Waals surface area contributed by atoms with Gasteiger partial charge in [-0.05, 0) is 62.7 Å². The van der Waals surface area contributed by atoms with Gasteiger partial charge in [0, 0.05) is 53.3 Å². The number of H-pyrrole nitrogens is 1. The average Bonchev–Trinajstić information content (AvgIpc) is 3.45. The van der Waals surface area contributed by atoms with E-state index in [4.69, 9.17) is 0 Å². The van der Waals surface area contributed by atoms with E-state index in [0.29, 0.717) is 61.5 Å². The third-order valence-corrected chi connectivity index (χ3v) is 7.70. The van der Waals surface area contributed by atoms with Crippen LogP contribution >= 0.6 is 0 Å². The fourth-order valence-corrected chi connectivity index (χ4v) is 5.97. The summed E-state index contributed by atoms with van der Waals surface area (Å²) in [5, 5.41) is 1.30. The van der Waals surface area contributed by atoms with Gasteiger partial charge in [0.2, 0.25) is 5.91 Å². The Bertz CT molecular complexity index is 1210. The first-order valence-electron chi connectivity index (χ1n) is 11.7. The van der Waals surface area contributed by atoms with Crippen LogP contribution in [-0.4, -0.2) is 42.0 Å². The number of likely N-dealkylation sites (tertiary alicyclic amines) is 1. The van der Waals surface area contributed by atoms with E-state index in [2.05, 4.69) is 34.3 Å². The highest BCUT2D eigenvalue weighted by molar-refractivity contribution is 5.98. The molecule has 6 rings (SSSR count). The van der Waals surface area contributed by atoms with E-state index in [0.717, 1.165) is 25.9 Å². The molecule has 3 aromatic rings. The zero-order valence-corrected chi connectivity index (χ0v) is 18.1. The average molecular weight is 436 g/mol. The van der Waals surface area contributed by atoms with Crippen LogP contribution in [0, 0.1) is 11.6 Å². The molecule has 0 atom stereocenters. The largest absolute Gasteiger partial charge is 0.361 e. The summed E-state index contributed by atoms with van der Waals surface area (Å²) < 4.78 is 30.5. The number of anilines is 1. The summed E-state index contributed by atoms with van der Waals surface area (Å²) in [6, 6.07) is 8.41. The Morgan fingerprint density at radius 2 is 1.72 bits per heavy atom. The molecular formula is C26H27F2N3O. The molecule has 4 heterocycles. The Hall–Kier alpha value is -2.73. The van der Waals surface area contributed by atoms with E-state index in [-0.39, 0.29) is 11.5 Å². The van der Waals surface area contributed by atoms with E-state index >= 15 is 8.78 Å². The smallest absolute Gasteiger partial charge is 0.227 e. The van der Waals surface area contributed by atoms with Gasteiger partial charge in [0.25, 0.3) is 0 Å². The highest BCUT2D eigenvalue weighted by Crippen LogP contribution is 2.41.